The Morgan fingerprint density at radius 1 is 1.35 bits per heavy atom. The van der Waals surface area contributed by atoms with E-state index in [-0.39, 0.29) is 12.2 Å². The third-order valence-corrected chi connectivity index (χ3v) is 4.42. The first kappa shape index (κ1) is 17.4. The average Bonchev–Trinajstić information content (AvgIpc) is 2.36. The topological polar surface area (TPSA) is 55.3 Å². The lowest BCUT2D eigenvalue weighted by Crippen LogP contribution is -2.41. The maximum Gasteiger partial charge on any atom is 0.163 e. The van der Waals surface area contributed by atoms with Gasteiger partial charge in [-0.2, -0.15) is 0 Å². The van der Waals surface area contributed by atoms with Crippen molar-refractivity contribution in [2.75, 3.05) is 6.61 Å². The number of aliphatic hydroxyl groups is 1. The largest absolute Gasteiger partial charge is 0.598 e. The summed E-state index contributed by atoms with van der Waals surface area (Å²) < 4.78 is 41.6. The summed E-state index contributed by atoms with van der Waals surface area (Å²) in [5.41, 5.74) is 0.135. The minimum absolute atomic E-state index is 0.0583. The standard InChI is InChI=1S/C14H21F2NO2S/c1-14(2,3)20(19)17-12(8-5-9-18)10-6-4-7-11(15)13(10)16/h4,6-7,12,17-18H,5,8-9H2,1-3H3/t12-,20?/m0/s1. The maximum absolute atomic E-state index is 13.8. The van der Waals surface area contributed by atoms with Crippen molar-refractivity contribution in [1.82, 2.24) is 4.72 Å². The zero-order valence-corrected chi connectivity index (χ0v) is 12.8. The Labute approximate surface area is 121 Å². The van der Waals surface area contributed by atoms with E-state index in [2.05, 4.69) is 4.72 Å². The van der Waals surface area contributed by atoms with Gasteiger partial charge in [0.25, 0.3) is 0 Å². The molecule has 0 fully saturated rings. The number of rotatable bonds is 6. The van der Waals surface area contributed by atoms with Crippen LogP contribution in [-0.4, -0.2) is 21.0 Å². The Hall–Kier alpha value is -0.690. The predicted octanol–water partition coefficient (Wildman–Crippen LogP) is 2.83. The van der Waals surface area contributed by atoms with E-state index in [1.807, 2.05) is 0 Å². The van der Waals surface area contributed by atoms with Crippen molar-refractivity contribution >= 4 is 11.4 Å². The van der Waals surface area contributed by atoms with E-state index in [9.17, 15) is 13.3 Å². The van der Waals surface area contributed by atoms with Gasteiger partial charge in [0.15, 0.2) is 11.6 Å². The van der Waals surface area contributed by atoms with E-state index in [0.29, 0.717) is 12.8 Å². The quantitative estimate of drug-likeness (QED) is 0.795. The van der Waals surface area contributed by atoms with Gasteiger partial charge >= 0.3 is 0 Å². The molecule has 0 saturated carbocycles. The van der Waals surface area contributed by atoms with Crippen LogP contribution in [0.1, 0.15) is 45.2 Å². The highest BCUT2D eigenvalue weighted by molar-refractivity contribution is 7.90. The molecule has 0 bridgehead atoms. The lowest BCUT2D eigenvalue weighted by atomic mass is 10.0. The summed E-state index contributed by atoms with van der Waals surface area (Å²) in [5, 5.41) is 8.91. The molecule has 20 heavy (non-hydrogen) atoms. The summed E-state index contributed by atoms with van der Waals surface area (Å²) in [5.74, 6) is -1.87. The van der Waals surface area contributed by atoms with E-state index in [1.54, 1.807) is 20.8 Å². The van der Waals surface area contributed by atoms with Gasteiger partial charge in [-0.05, 0) is 39.7 Å². The second-order valence-electron chi connectivity index (χ2n) is 5.56. The van der Waals surface area contributed by atoms with Crippen LogP contribution in [0.5, 0.6) is 0 Å². The van der Waals surface area contributed by atoms with Crippen LogP contribution < -0.4 is 4.72 Å². The fraction of sp³-hybridized carbons (Fsp3) is 0.571. The highest BCUT2D eigenvalue weighted by atomic mass is 32.2. The van der Waals surface area contributed by atoms with Gasteiger partial charge in [-0.1, -0.05) is 12.1 Å². The van der Waals surface area contributed by atoms with Gasteiger partial charge in [-0.25, -0.2) is 8.78 Å². The highest BCUT2D eigenvalue weighted by Gasteiger charge is 2.31. The lowest BCUT2D eigenvalue weighted by Gasteiger charge is -2.28. The van der Waals surface area contributed by atoms with E-state index in [1.165, 1.54) is 12.1 Å². The Bertz CT molecular complexity index is 438. The predicted molar refractivity (Wildman–Crippen MR) is 76.4 cm³/mol. The number of hydrogen-bond acceptors (Lipinski definition) is 3. The Morgan fingerprint density at radius 2 is 2.00 bits per heavy atom. The first-order valence-electron chi connectivity index (χ1n) is 6.50. The van der Waals surface area contributed by atoms with Gasteiger partial charge in [-0.3, -0.25) is 0 Å². The molecule has 1 rings (SSSR count). The number of nitrogens with one attached hydrogen (secondary N) is 1. The summed E-state index contributed by atoms with van der Waals surface area (Å²) in [7, 11) is 0. The second kappa shape index (κ2) is 7.36. The molecular formula is C14H21F2NO2S. The van der Waals surface area contributed by atoms with Gasteiger partial charge in [0.1, 0.15) is 4.75 Å². The third kappa shape index (κ3) is 4.70. The Kier molecular flexibility index (Phi) is 6.39. The molecule has 0 aliphatic carbocycles. The van der Waals surface area contributed by atoms with Crippen molar-refractivity contribution in [2.45, 2.75) is 44.4 Å². The molecule has 0 aliphatic heterocycles. The van der Waals surface area contributed by atoms with Crippen LogP contribution in [0.25, 0.3) is 0 Å². The molecule has 2 atom stereocenters. The molecule has 1 unspecified atom stereocenters. The van der Waals surface area contributed by atoms with Crippen molar-refractivity contribution in [2.24, 2.45) is 0 Å². The van der Waals surface area contributed by atoms with Crippen molar-refractivity contribution in [3.63, 3.8) is 0 Å². The van der Waals surface area contributed by atoms with Crippen molar-refractivity contribution in [3.05, 3.63) is 35.4 Å². The summed E-state index contributed by atoms with van der Waals surface area (Å²) in [6, 6.07) is 3.33. The van der Waals surface area contributed by atoms with E-state index in [0.717, 1.165) is 6.07 Å². The molecule has 3 nitrogen and oxygen atoms in total. The highest BCUT2D eigenvalue weighted by Crippen LogP contribution is 2.26. The summed E-state index contributed by atoms with van der Waals surface area (Å²) in [4.78, 5) is 0. The molecule has 114 valence electrons. The monoisotopic (exact) mass is 305 g/mol. The van der Waals surface area contributed by atoms with Crippen LogP contribution in [0, 0.1) is 11.6 Å². The van der Waals surface area contributed by atoms with Crippen LogP contribution in [0.3, 0.4) is 0 Å². The second-order valence-corrected chi connectivity index (χ2v) is 7.56. The van der Waals surface area contributed by atoms with Gasteiger partial charge in [-0.15, -0.1) is 4.72 Å². The molecule has 6 heteroatoms. The SMILES string of the molecule is CC(C)(C)[S+]([O-])N[C@@H](CCCO)c1cccc(F)c1F. The zero-order valence-electron chi connectivity index (χ0n) is 12.0. The molecule has 1 aromatic rings. The number of benzene rings is 1. The molecular weight excluding hydrogens is 284 g/mol. The van der Waals surface area contributed by atoms with Crippen LogP contribution in [-0.2, 0) is 11.4 Å². The zero-order chi connectivity index (χ0) is 15.3. The van der Waals surface area contributed by atoms with Crippen LogP contribution in [0.2, 0.25) is 0 Å². The number of hydrogen-bond donors (Lipinski definition) is 2. The van der Waals surface area contributed by atoms with Gasteiger partial charge in [0.05, 0.1) is 6.04 Å². The molecule has 0 amide bonds. The number of aliphatic hydroxyl groups excluding tert-OH is 1. The molecule has 2 N–H and O–H groups in total. The fourth-order valence-corrected chi connectivity index (χ4v) is 2.53. The van der Waals surface area contributed by atoms with E-state index in [4.69, 9.17) is 5.11 Å². The lowest BCUT2D eigenvalue weighted by molar-refractivity contribution is 0.277. The van der Waals surface area contributed by atoms with Crippen molar-refractivity contribution < 1.29 is 18.4 Å². The normalized spacial score (nSPS) is 15.2. The average molecular weight is 305 g/mol. The van der Waals surface area contributed by atoms with E-state index >= 15 is 0 Å². The molecule has 1 aromatic carbocycles. The first-order chi connectivity index (χ1) is 9.27. The summed E-state index contributed by atoms with van der Waals surface area (Å²) in [6.45, 7) is 5.32. The minimum atomic E-state index is -1.41. The molecule has 0 radical (unpaired) electrons. The van der Waals surface area contributed by atoms with Crippen LogP contribution in [0.4, 0.5) is 8.78 Å². The van der Waals surface area contributed by atoms with Crippen LogP contribution >= 0.6 is 0 Å². The first-order valence-corrected chi connectivity index (χ1v) is 7.65. The summed E-state index contributed by atoms with van der Waals surface area (Å²) >= 11 is -1.41. The molecule has 0 aliphatic rings. The number of halogens is 2. The molecule has 0 heterocycles. The van der Waals surface area contributed by atoms with Crippen molar-refractivity contribution in [3.8, 4) is 0 Å². The Morgan fingerprint density at radius 3 is 2.55 bits per heavy atom. The molecule has 0 saturated heterocycles. The van der Waals surface area contributed by atoms with Gasteiger partial charge in [0, 0.05) is 23.5 Å². The Balaban J connectivity index is 2.97. The van der Waals surface area contributed by atoms with Gasteiger partial charge in [0.2, 0.25) is 0 Å². The van der Waals surface area contributed by atoms with Gasteiger partial charge < -0.3 is 9.66 Å². The summed E-state index contributed by atoms with van der Waals surface area (Å²) in [6.07, 6.45) is 0.785. The molecule has 0 spiro atoms. The van der Waals surface area contributed by atoms with Crippen LogP contribution in [0.15, 0.2) is 18.2 Å². The maximum atomic E-state index is 13.8. The molecule has 0 aromatic heterocycles. The fourth-order valence-electron chi connectivity index (χ4n) is 1.67. The van der Waals surface area contributed by atoms with E-state index < -0.39 is 33.8 Å². The minimum Gasteiger partial charge on any atom is -0.598 e. The third-order valence-electron chi connectivity index (χ3n) is 2.81. The smallest absolute Gasteiger partial charge is 0.163 e. The van der Waals surface area contributed by atoms with Crippen molar-refractivity contribution in [1.29, 1.82) is 0 Å².